The number of likely N-dealkylation sites (tertiary alicyclic amines) is 1. The summed E-state index contributed by atoms with van der Waals surface area (Å²) in [6.45, 7) is 14.1. The highest BCUT2D eigenvalue weighted by atomic mass is 35.5. The molecule has 0 spiro atoms. The molecule has 3 aromatic rings. The molecule has 1 amide bonds. The first-order valence-corrected chi connectivity index (χ1v) is 13.2. The van der Waals surface area contributed by atoms with Crippen molar-refractivity contribution < 1.29 is 13.9 Å². The molecule has 0 aliphatic carbocycles. The normalized spacial score (nSPS) is 17.2. The summed E-state index contributed by atoms with van der Waals surface area (Å²) in [6, 6.07) is 1.98. The van der Waals surface area contributed by atoms with E-state index >= 15 is 4.39 Å². The second-order valence-corrected chi connectivity index (χ2v) is 10.8. The minimum atomic E-state index is -0.793. The maximum Gasteiger partial charge on any atom is 0.258 e. The van der Waals surface area contributed by atoms with E-state index < -0.39 is 17.6 Å². The number of ether oxygens (including phenoxy) is 1. The van der Waals surface area contributed by atoms with Crippen molar-refractivity contribution in [3.05, 3.63) is 51.9 Å². The lowest BCUT2D eigenvalue weighted by Crippen LogP contribution is -2.33. The summed E-state index contributed by atoms with van der Waals surface area (Å²) < 4.78 is 23.4. The molecule has 2 unspecified atom stereocenters. The maximum absolute atomic E-state index is 15.5. The average Bonchev–Trinajstić information content (AvgIpc) is 3.45. The number of aryl methyl sites for hydroxylation is 1. The number of nitrogens with zero attached hydrogens (tertiary/aromatic N) is 4. The Labute approximate surface area is 222 Å². The zero-order valence-corrected chi connectivity index (χ0v) is 23.1. The summed E-state index contributed by atoms with van der Waals surface area (Å²) in [4.78, 5) is 24.7. The van der Waals surface area contributed by atoms with Crippen molar-refractivity contribution in [2.24, 2.45) is 5.92 Å². The quantitative estimate of drug-likeness (QED) is 0.433. The van der Waals surface area contributed by atoms with Gasteiger partial charge < -0.3 is 20.7 Å². The van der Waals surface area contributed by atoms with Crippen molar-refractivity contribution in [3.8, 4) is 5.75 Å². The molecule has 200 valence electrons. The van der Waals surface area contributed by atoms with Crippen molar-refractivity contribution in [1.82, 2.24) is 24.6 Å². The predicted octanol–water partition coefficient (Wildman–Crippen LogP) is 4.81. The van der Waals surface area contributed by atoms with Crippen LogP contribution in [0.4, 0.5) is 10.2 Å². The molecular formula is C27H36ClFN6O2. The van der Waals surface area contributed by atoms with Gasteiger partial charge in [0.2, 0.25) is 0 Å². The number of anilines is 1. The van der Waals surface area contributed by atoms with Gasteiger partial charge in [0.25, 0.3) is 5.91 Å². The van der Waals surface area contributed by atoms with E-state index in [1.54, 1.807) is 12.4 Å². The molecule has 3 heterocycles. The second kappa shape index (κ2) is 10.8. The van der Waals surface area contributed by atoms with Gasteiger partial charge in [0, 0.05) is 43.0 Å². The van der Waals surface area contributed by atoms with Gasteiger partial charge in [0.15, 0.2) is 5.82 Å². The SMILES string of the molecule is Cc1nc(C(C)c2cc(Cl)c(F)c(C(=O)NCC3CCN(C(C)C)C3)c2OC(C)C)n2ccnc(N)c12. The number of nitrogens with one attached hydrogen (secondary N) is 1. The maximum atomic E-state index is 15.5. The van der Waals surface area contributed by atoms with Crippen molar-refractivity contribution >= 4 is 28.8 Å². The van der Waals surface area contributed by atoms with Crippen LogP contribution in [0.2, 0.25) is 5.02 Å². The Hall–Kier alpha value is -2.91. The predicted molar refractivity (Wildman–Crippen MR) is 144 cm³/mol. The topological polar surface area (TPSA) is 97.8 Å². The van der Waals surface area contributed by atoms with E-state index in [0.717, 1.165) is 25.2 Å². The van der Waals surface area contributed by atoms with Gasteiger partial charge in [-0.2, -0.15) is 0 Å². The zero-order chi connectivity index (χ0) is 27.0. The number of carbonyl (C=O) groups is 1. The van der Waals surface area contributed by atoms with Crippen LogP contribution in [0.1, 0.15) is 74.4 Å². The van der Waals surface area contributed by atoms with E-state index in [-0.39, 0.29) is 22.4 Å². The first-order chi connectivity index (χ1) is 17.5. The third-order valence-electron chi connectivity index (χ3n) is 7.02. The highest BCUT2D eigenvalue weighted by Crippen LogP contribution is 2.40. The van der Waals surface area contributed by atoms with Gasteiger partial charge in [-0.15, -0.1) is 0 Å². The molecule has 2 aromatic heterocycles. The summed E-state index contributed by atoms with van der Waals surface area (Å²) in [5.74, 6) is -0.221. The number of hydrogen-bond donors (Lipinski definition) is 2. The third kappa shape index (κ3) is 5.38. The van der Waals surface area contributed by atoms with Crippen LogP contribution in [0.5, 0.6) is 5.75 Å². The van der Waals surface area contributed by atoms with Crippen LogP contribution in [0.15, 0.2) is 18.5 Å². The number of benzene rings is 1. The van der Waals surface area contributed by atoms with E-state index in [9.17, 15) is 4.79 Å². The third-order valence-corrected chi connectivity index (χ3v) is 7.29. The van der Waals surface area contributed by atoms with Gasteiger partial charge >= 0.3 is 0 Å². The van der Waals surface area contributed by atoms with Gasteiger partial charge in [-0.3, -0.25) is 9.20 Å². The van der Waals surface area contributed by atoms with E-state index in [1.165, 1.54) is 6.07 Å². The number of aromatic nitrogens is 3. The van der Waals surface area contributed by atoms with Crippen LogP contribution < -0.4 is 15.8 Å². The molecule has 0 saturated carbocycles. The Kier molecular flexibility index (Phi) is 7.94. The lowest BCUT2D eigenvalue weighted by Gasteiger charge is -2.23. The Morgan fingerprint density at radius 3 is 2.70 bits per heavy atom. The van der Waals surface area contributed by atoms with Crippen molar-refractivity contribution in [2.45, 2.75) is 66.0 Å². The number of carbonyl (C=O) groups excluding carboxylic acids is 1. The fraction of sp³-hybridized carbons (Fsp3) is 0.519. The highest BCUT2D eigenvalue weighted by molar-refractivity contribution is 6.31. The number of rotatable bonds is 8. The van der Waals surface area contributed by atoms with E-state index in [0.29, 0.717) is 41.2 Å². The van der Waals surface area contributed by atoms with Crippen molar-refractivity contribution in [1.29, 1.82) is 0 Å². The number of hydrogen-bond acceptors (Lipinski definition) is 6. The largest absolute Gasteiger partial charge is 0.490 e. The molecule has 0 radical (unpaired) electrons. The Bertz CT molecular complexity index is 1310. The van der Waals surface area contributed by atoms with Crippen LogP contribution in [-0.2, 0) is 0 Å². The summed E-state index contributed by atoms with van der Waals surface area (Å²) in [5, 5.41) is 2.79. The van der Waals surface area contributed by atoms with Gasteiger partial charge in [-0.05, 0) is 59.6 Å². The second-order valence-electron chi connectivity index (χ2n) is 10.4. The first kappa shape index (κ1) is 27.1. The molecule has 37 heavy (non-hydrogen) atoms. The molecule has 3 N–H and O–H groups in total. The zero-order valence-electron chi connectivity index (χ0n) is 22.3. The number of amides is 1. The molecule has 0 bridgehead atoms. The standard InChI is InChI=1S/C27H36ClFN6O2/c1-14(2)34-9-7-18(13-34)12-32-27(36)21-22(29)20(28)11-19(24(21)37-15(3)4)16(5)26-33-17(6)23-25(30)31-8-10-35(23)26/h8,10-11,14-16,18H,7,9,12-13H2,1-6H3,(H2,30,31)(H,32,36). The summed E-state index contributed by atoms with van der Waals surface area (Å²) >= 11 is 6.36. The van der Waals surface area contributed by atoms with Gasteiger partial charge in [-0.1, -0.05) is 18.5 Å². The van der Waals surface area contributed by atoms with E-state index in [2.05, 4.69) is 29.0 Å². The minimum absolute atomic E-state index is 0.145. The number of imidazole rings is 1. The molecule has 1 saturated heterocycles. The number of nitrogen functional groups attached to an aromatic ring is 1. The van der Waals surface area contributed by atoms with Crippen LogP contribution in [0, 0.1) is 18.7 Å². The van der Waals surface area contributed by atoms with Gasteiger partial charge in [-0.25, -0.2) is 14.4 Å². The Balaban J connectivity index is 1.72. The van der Waals surface area contributed by atoms with E-state index in [1.807, 2.05) is 32.1 Å². The molecule has 1 fully saturated rings. The Morgan fingerprint density at radius 2 is 2.05 bits per heavy atom. The fourth-order valence-electron chi connectivity index (χ4n) is 5.05. The van der Waals surface area contributed by atoms with Crippen LogP contribution >= 0.6 is 11.6 Å². The first-order valence-electron chi connectivity index (χ1n) is 12.8. The molecule has 10 heteroatoms. The van der Waals surface area contributed by atoms with E-state index in [4.69, 9.17) is 27.1 Å². The lowest BCUT2D eigenvalue weighted by molar-refractivity contribution is 0.0936. The fourth-order valence-corrected chi connectivity index (χ4v) is 5.26. The number of fused-ring (bicyclic) bond motifs is 1. The van der Waals surface area contributed by atoms with Gasteiger partial charge in [0.1, 0.15) is 28.5 Å². The molecule has 1 aliphatic rings. The monoisotopic (exact) mass is 530 g/mol. The van der Waals surface area contributed by atoms with Crippen molar-refractivity contribution in [2.75, 3.05) is 25.4 Å². The highest BCUT2D eigenvalue weighted by Gasteiger charge is 2.31. The van der Waals surface area contributed by atoms with Crippen LogP contribution in [0.25, 0.3) is 5.52 Å². The van der Waals surface area contributed by atoms with Crippen LogP contribution in [0.3, 0.4) is 0 Å². The molecular weight excluding hydrogens is 495 g/mol. The molecule has 1 aromatic carbocycles. The Morgan fingerprint density at radius 1 is 1.32 bits per heavy atom. The molecule has 1 aliphatic heterocycles. The van der Waals surface area contributed by atoms with Gasteiger partial charge in [0.05, 0.1) is 16.8 Å². The lowest BCUT2D eigenvalue weighted by atomic mass is 9.95. The molecule has 2 atom stereocenters. The summed E-state index contributed by atoms with van der Waals surface area (Å²) in [7, 11) is 0. The van der Waals surface area contributed by atoms with Crippen LogP contribution in [-0.4, -0.2) is 57.0 Å². The summed E-state index contributed by atoms with van der Waals surface area (Å²) in [5.41, 5.74) is 7.91. The molecule has 8 nitrogen and oxygen atoms in total. The van der Waals surface area contributed by atoms with Crippen molar-refractivity contribution in [3.63, 3.8) is 0 Å². The minimum Gasteiger partial charge on any atom is -0.490 e. The number of nitrogens with two attached hydrogens (primary N) is 1. The summed E-state index contributed by atoms with van der Waals surface area (Å²) in [6.07, 6.45) is 4.07. The number of halogens is 2. The smallest absolute Gasteiger partial charge is 0.258 e. The molecule has 4 rings (SSSR count). The average molecular weight is 531 g/mol.